The molecular weight excluding hydrogens is 440 g/mol. The summed E-state index contributed by atoms with van der Waals surface area (Å²) in [5, 5.41) is 6.60. The molecule has 1 heterocycles. The summed E-state index contributed by atoms with van der Waals surface area (Å²) in [6.45, 7) is 3.97. The molecule has 0 spiro atoms. The van der Waals surface area contributed by atoms with Gasteiger partial charge in [-0.2, -0.15) is 0 Å². The van der Waals surface area contributed by atoms with E-state index in [0.717, 1.165) is 16.8 Å². The number of nitrogens with one attached hydrogen (secondary N) is 1. The molecule has 0 saturated carbocycles. The van der Waals surface area contributed by atoms with Crippen molar-refractivity contribution in [1.82, 2.24) is 5.16 Å². The van der Waals surface area contributed by atoms with E-state index in [2.05, 4.69) is 10.5 Å². The highest BCUT2D eigenvalue weighted by Crippen LogP contribution is 2.30. The molecule has 0 radical (unpaired) electrons. The molecule has 9 nitrogen and oxygen atoms in total. The smallest absolute Gasteiger partial charge is 0.340 e. The number of ether oxygens (including phenoxy) is 4. The summed E-state index contributed by atoms with van der Waals surface area (Å²) in [6, 6.07) is 10.0. The lowest BCUT2D eigenvalue weighted by Crippen LogP contribution is -2.13. The zero-order valence-corrected chi connectivity index (χ0v) is 19.6. The van der Waals surface area contributed by atoms with Gasteiger partial charge in [0, 0.05) is 6.08 Å². The number of hydrogen-bond acceptors (Lipinski definition) is 8. The first-order valence-corrected chi connectivity index (χ1v) is 10.3. The van der Waals surface area contributed by atoms with Gasteiger partial charge in [-0.15, -0.1) is 0 Å². The van der Waals surface area contributed by atoms with Gasteiger partial charge in [-0.25, -0.2) is 4.79 Å². The minimum Gasteiger partial charge on any atom is -0.497 e. The standard InChI is InChI=1S/C25H26N2O7/c1-15-20(16(2)34-27-15)14-33-22-10-6-17(12-23(22)31-4)7-11-24(28)26-21-9-8-18(30-3)13-19(21)25(29)32-5/h6-13H,14H2,1-5H3,(H,26,28)/b11-7+. The summed E-state index contributed by atoms with van der Waals surface area (Å²) in [5.41, 5.74) is 2.87. The van der Waals surface area contributed by atoms with Crippen LogP contribution in [0.1, 0.15) is 32.9 Å². The quantitative estimate of drug-likeness (QED) is 0.367. The molecule has 1 amide bonds. The van der Waals surface area contributed by atoms with Gasteiger partial charge in [0.05, 0.1) is 43.8 Å². The van der Waals surface area contributed by atoms with Crippen LogP contribution < -0.4 is 19.5 Å². The van der Waals surface area contributed by atoms with Crippen LogP contribution in [0.15, 0.2) is 47.0 Å². The lowest BCUT2D eigenvalue weighted by Gasteiger charge is -2.11. The summed E-state index contributed by atoms with van der Waals surface area (Å²) in [7, 11) is 4.29. The third-order valence-electron chi connectivity index (χ3n) is 5.06. The minimum absolute atomic E-state index is 0.185. The van der Waals surface area contributed by atoms with Gasteiger partial charge in [0.2, 0.25) is 5.91 Å². The van der Waals surface area contributed by atoms with E-state index < -0.39 is 11.9 Å². The summed E-state index contributed by atoms with van der Waals surface area (Å²) in [6.07, 6.45) is 2.97. The van der Waals surface area contributed by atoms with Crippen molar-refractivity contribution in [3.63, 3.8) is 0 Å². The van der Waals surface area contributed by atoms with Crippen molar-refractivity contribution >= 4 is 23.6 Å². The number of aryl methyl sites for hydroxylation is 2. The average Bonchev–Trinajstić information content (AvgIpc) is 3.18. The summed E-state index contributed by atoms with van der Waals surface area (Å²) in [4.78, 5) is 24.5. The van der Waals surface area contributed by atoms with Crippen LogP contribution in [0.5, 0.6) is 17.2 Å². The Balaban J connectivity index is 1.70. The van der Waals surface area contributed by atoms with E-state index in [1.54, 1.807) is 36.4 Å². The van der Waals surface area contributed by atoms with Crippen molar-refractivity contribution in [3.05, 3.63) is 70.6 Å². The van der Waals surface area contributed by atoms with Crippen LogP contribution >= 0.6 is 0 Å². The second-order valence-corrected chi connectivity index (χ2v) is 7.23. The van der Waals surface area contributed by atoms with Gasteiger partial charge in [-0.1, -0.05) is 11.2 Å². The summed E-state index contributed by atoms with van der Waals surface area (Å²) in [5.74, 6) is 1.22. The fourth-order valence-electron chi connectivity index (χ4n) is 3.15. The van der Waals surface area contributed by atoms with Crippen molar-refractivity contribution in [2.75, 3.05) is 26.6 Å². The molecule has 0 aliphatic heterocycles. The predicted molar refractivity (Wildman–Crippen MR) is 125 cm³/mol. The van der Waals surface area contributed by atoms with Crippen LogP contribution in [0.3, 0.4) is 0 Å². The monoisotopic (exact) mass is 466 g/mol. The molecule has 3 aromatic rings. The van der Waals surface area contributed by atoms with Crippen LogP contribution in [0, 0.1) is 13.8 Å². The Morgan fingerprint density at radius 1 is 1.03 bits per heavy atom. The molecule has 2 aromatic carbocycles. The predicted octanol–water partition coefficient (Wildman–Crippen LogP) is 4.33. The lowest BCUT2D eigenvalue weighted by atomic mass is 10.1. The molecule has 1 aromatic heterocycles. The van der Waals surface area contributed by atoms with Gasteiger partial charge in [0.25, 0.3) is 0 Å². The number of hydrogen-bond donors (Lipinski definition) is 1. The van der Waals surface area contributed by atoms with Gasteiger partial charge in [0.1, 0.15) is 18.1 Å². The van der Waals surface area contributed by atoms with E-state index in [1.807, 2.05) is 13.8 Å². The molecule has 9 heteroatoms. The van der Waals surface area contributed by atoms with Crippen molar-refractivity contribution in [2.45, 2.75) is 20.5 Å². The highest BCUT2D eigenvalue weighted by Gasteiger charge is 2.15. The number of anilines is 1. The molecule has 3 rings (SSSR count). The van der Waals surface area contributed by atoms with E-state index in [0.29, 0.717) is 35.3 Å². The van der Waals surface area contributed by atoms with Crippen LogP contribution in [0.25, 0.3) is 6.08 Å². The van der Waals surface area contributed by atoms with Gasteiger partial charge in [-0.3, -0.25) is 4.79 Å². The first-order valence-electron chi connectivity index (χ1n) is 10.3. The molecule has 0 aliphatic carbocycles. The lowest BCUT2D eigenvalue weighted by molar-refractivity contribution is -0.111. The Bertz CT molecular complexity index is 1190. The van der Waals surface area contributed by atoms with Crippen LogP contribution in [0.2, 0.25) is 0 Å². The van der Waals surface area contributed by atoms with Gasteiger partial charge in [0.15, 0.2) is 11.5 Å². The van der Waals surface area contributed by atoms with Crippen molar-refractivity contribution in [3.8, 4) is 17.2 Å². The molecule has 34 heavy (non-hydrogen) atoms. The summed E-state index contributed by atoms with van der Waals surface area (Å²) >= 11 is 0. The number of methoxy groups -OCH3 is 3. The number of carbonyl (C=O) groups is 2. The molecule has 0 aliphatic rings. The van der Waals surface area contributed by atoms with E-state index in [-0.39, 0.29) is 5.56 Å². The van der Waals surface area contributed by atoms with Gasteiger partial charge < -0.3 is 28.8 Å². The van der Waals surface area contributed by atoms with Crippen LogP contribution in [-0.4, -0.2) is 38.4 Å². The third-order valence-corrected chi connectivity index (χ3v) is 5.06. The van der Waals surface area contributed by atoms with Crippen molar-refractivity contribution in [1.29, 1.82) is 0 Å². The Hall–Kier alpha value is -4.27. The molecule has 0 fully saturated rings. The fraction of sp³-hybridized carbons (Fsp3) is 0.240. The molecule has 178 valence electrons. The van der Waals surface area contributed by atoms with Gasteiger partial charge in [-0.05, 0) is 55.8 Å². The Morgan fingerprint density at radius 3 is 2.47 bits per heavy atom. The maximum atomic E-state index is 12.5. The Morgan fingerprint density at radius 2 is 1.82 bits per heavy atom. The number of rotatable bonds is 9. The van der Waals surface area contributed by atoms with Crippen LogP contribution in [-0.2, 0) is 16.1 Å². The van der Waals surface area contributed by atoms with E-state index in [1.165, 1.54) is 33.5 Å². The molecule has 0 unspecified atom stereocenters. The zero-order chi connectivity index (χ0) is 24.7. The van der Waals surface area contributed by atoms with Crippen molar-refractivity contribution in [2.24, 2.45) is 0 Å². The number of esters is 1. The first kappa shape index (κ1) is 24.4. The molecule has 1 N–H and O–H groups in total. The average molecular weight is 466 g/mol. The Kier molecular flexibility index (Phi) is 7.92. The first-order chi connectivity index (χ1) is 16.4. The largest absolute Gasteiger partial charge is 0.497 e. The number of nitrogens with zero attached hydrogens (tertiary/aromatic N) is 1. The Labute approximate surface area is 197 Å². The molecule has 0 bridgehead atoms. The zero-order valence-electron chi connectivity index (χ0n) is 19.6. The second kappa shape index (κ2) is 11.0. The fourth-order valence-corrected chi connectivity index (χ4v) is 3.15. The molecule has 0 atom stereocenters. The highest BCUT2D eigenvalue weighted by molar-refractivity contribution is 6.06. The highest BCUT2D eigenvalue weighted by atomic mass is 16.5. The third kappa shape index (κ3) is 5.74. The maximum absolute atomic E-state index is 12.5. The van der Waals surface area contributed by atoms with Gasteiger partial charge >= 0.3 is 5.97 Å². The van der Waals surface area contributed by atoms with E-state index in [4.69, 9.17) is 23.5 Å². The van der Waals surface area contributed by atoms with Crippen molar-refractivity contribution < 1.29 is 33.1 Å². The normalized spacial score (nSPS) is 10.7. The minimum atomic E-state index is -0.588. The molecule has 0 saturated heterocycles. The van der Waals surface area contributed by atoms with E-state index in [9.17, 15) is 9.59 Å². The number of carbonyl (C=O) groups excluding carboxylic acids is 2. The van der Waals surface area contributed by atoms with E-state index >= 15 is 0 Å². The van der Waals surface area contributed by atoms with Crippen LogP contribution in [0.4, 0.5) is 5.69 Å². The number of aromatic nitrogens is 1. The second-order valence-electron chi connectivity index (χ2n) is 7.23. The maximum Gasteiger partial charge on any atom is 0.340 e. The topological polar surface area (TPSA) is 109 Å². The summed E-state index contributed by atoms with van der Waals surface area (Å²) < 4.78 is 26.4. The number of amides is 1. The number of benzene rings is 2. The molecular formula is C25H26N2O7. The SMILES string of the molecule is COC(=O)c1cc(OC)ccc1NC(=O)/C=C/c1ccc(OCc2c(C)noc2C)c(OC)c1.